The number of methoxy groups -OCH3 is 1. The van der Waals surface area contributed by atoms with E-state index < -0.39 is 6.04 Å². The predicted molar refractivity (Wildman–Crippen MR) is 123 cm³/mol. The zero-order valence-electron chi connectivity index (χ0n) is 18.3. The summed E-state index contributed by atoms with van der Waals surface area (Å²) in [7, 11) is 1.54. The summed E-state index contributed by atoms with van der Waals surface area (Å²) in [5.74, 6) is -0.187. The zero-order chi connectivity index (χ0) is 22.9. The van der Waals surface area contributed by atoms with Crippen molar-refractivity contribution >= 4 is 17.7 Å². The van der Waals surface area contributed by atoms with Gasteiger partial charge >= 0.3 is 0 Å². The molecule has 0 aromatic heterocycles. The monoisotopic (exact) mass is 435 g/mol. The van der Waals surface area contributed by atoms with E-state index >= 15 is 0 Å². The van der Waals surface area contributed by atoms with Gasteiger partial charge < -0.3 is 20.3 Å². The minimum absolute atomic E-state index is 0.0887. The lowest BCUT2D eigenvalue weighted by Gasteiger charge is -2.36. The average Bonchev–Trinajstić information content (AvgIpc) is 2.85. The predicted octanol–water partition coefficient (Wildman–Crippen LogP) is 2.65. The number of benzene rings is 2. The molecule has 0 radical (unpaired) electrons. The lowest BCUT2D eigenvalue weighted by atomic mass is 9.88. The van der Waals surface area contributed by atoms with Crippen molar-refractivity contribution in [2.75, 3.05) is 26.7 Å². The Balaban J connectivity index is 1.69. The first kappa shape index (κ1) is 23.1. The van der Waals surface area contributed by atoms with Gasteiger partial charge in [0, 0.05) is 25.2 Å². The normalized spacial score (nSPS) is 14.8. The second kappa shape index (κ2) is 11.1. The zero-order valence-corrected chi connectivity index (χ0v) is 18.3. The molecule has 0 spiro atoms. The molecule has 32 heavy (non-hydrogen) atoms. The molecule has 2 N–H and O–H groups in total. The molecule has 0 saturated carbocycles. The van der Waals surface area contributed by atoms with Crippen LogP contribution in [0.5, 0.6) is 5.75 Å². The summed E-state index contributed by atoms with van der Waals surface area (Å²) in [4.78, 5) is 40.3. The van der Waals surface area contributed by atoms with Gasteiger partial charge in [0.2, 0.25) is 5.91 Å². The third-order valence-corrected chi connectivity index (χ3v) is 5.66. The number of carbonyl (C=O) groups is 3. The van der Waals surface area contributed by atoms with Gasteiger partial charge in [-0.2, -0.15) is 0 Å². The van der Waals surface area contributed by atoms with Crippen LogP contribution in [0.25, 0.3) is 0 Å². The van der Waals surface area contributed by atoms with Crippen LogP contribution in [0.3, 0.4) is 0 Å². The Hall–Kier alpha value is -3.61. The molecule has 0 aliphatic carbocycles. The van der Waals surface area contributed by atoms with E-state index in [-0.39, 0.29) is 23.6 Å². The number of amides is 3. The van der Waals surface area contributed by atoms with Crippen LogP contribution in [0.4, 0.5) is 0 Å². The van der Waals surface area contributed by atoms with Crippen LogP contribution in [0, 0.1) is 5.92 Å². The fourth-order valence-electron chi connectivity index (χ4n) is 3.92. The molecule has 0 unspecified atom stereocenters. The molecular weight excluding hydrogens is 406 g/mol. The van der Waals surface area contributed by atoms with Crippen LogP contribution in [0.1, 0.15) is 33.6 Å². The highest BCUT2D eigenvalue weighted by Gasteiger charge is 2.34. The van der Waals surface area contributed by atoms with Crippen molar-refractivity contribution in [3.05, 3.63) is 78.4 Å². The number of para-hydroxylation sites is 1. The number of rotatable bonds is 8. The minimum atomic E-state index is -0.689. The maximum Gasteiger partial charge on any atom is 0.257 e. The summed E-state index contributed by atoms with van der Waals surface area (Å²) >= 11 is 0. The van der Waals surface area contributed by atoms with Crippen LogP contribution in [-0.4, -0.2) is 55.4 Å². The Labute approximate surface area is 188 Å². The number of ether oxygens (including phenoxy) is 1. The summed E-state index contributed by atoms with van der Waals surface area (Å²) in [5, 5.41) is 5.69. The van der Waals surface area contributed by atoms with E-state index in [0.29, 0.717) is 49.4 Å². The van der Waals surface area contributed by atoms with Gasteiger partial charge in [-0.05, 0) is 43.0 Å². The second-order valence-electron chi connectivity index (χ2n) is 7.68. The quantitative estimate of drug-likeness (QED) is 0.624. The second-order valence-corrected chi connectivity index (χ2v) is 7.68. The summed E-state index contributed by atoms with van der Waals surface area (Å²) in [6.07, 6.45) is 2.80. The maximum absolute atomic E-state index is 13.0. The van der Waals surface area contributed by atoms with Crippen molar-refractivity contribution in [2.24, 2.45) is 5.92 Å². The molecule has 1 saturated heterocycles. The highest BCUT2D eigenvalue weighted by atomic mass is 16.5. The minimum Gasteiger partial charge on any atom is -0.496 e. The van der Waals surface area contributed by atoms with E-state index in [1.54, 1.807) is 54.5 Å². The highest BCUT2D eigenvalue weighted by molar-refractivity contribution is 5.98. The Morgan fingerprint density at radius 1 is 1.09 bits per heavy atom. The highest BCUT2D eigenvalue weighted by Crippen LogP contribution is 2.25. The van der Waals surface area contributed by atoms with Crippen LogP contribution in [-0.2, 0) is 4.79 Å². The first-order chi connectivity index (χ1) is 15.5. The first-order valence-corrected chi connectivity index (χ1v) is 10.7. The summed E-state index contributed by atoms with van der Waals surface area (Å²) in [5.41, 5.74) is 1.02. The van der Waals surface area contributed by atoms with E-state index in [9.17, 15) is 14.4 Å². The number of nitrogens with one attached hydrogen (secondary N) is 2. The maximum atomic E-state index is 13.0. The lowest BCUT2D eigenvalue weighted by molar-refractivity contribution is -0.124. The van der Waals surface area contributed by atoms with E-state index in [2.05, 4.69) is 17.2 Å². The molecule has 1 fully saturated rings. The summed E-state index contributed by atoms with van der Waals surface area (Å²) < 4.78 is 5.32. The number of nitrogens with zero attached hydrogens (tertiary/aromatic N) is 1. The number of hydrogen-bond acceptors (Lipinski definition) is 4. The van der Waals surface area contributed by atoms with E-state index in [1.807, 2.05) is 18.2 Å². The van der Waals surface area contributed by atoms with Crippen molar-refractivity contribution in [2.45, 2.75) is 18.9 Å². The number of carbonyl (C=O) groups excluding carboxylic acids is 3. The molecular formula is C25H29N3O4. The van der Waals surface area contributed by atoms with Gasteiger partial charge in [0.15, 0.2) is 0 Å². The van der Waals surface area contributed by atoms with Gasteiger partial charge in [-0.15, -0.1) is 6.58 Å². The van der Waals surface area contributed by atoms with Crippen molar-refractivity contribution in [3.8, 4) is 5.75 Å². The molecule has 0 bridgehead atoms. The molecule has 3 amide bonds. The van der Waals surface area contributed by atoms with Gasteiger partial charge in [0.1, 0.15) is 11.8 Å². The molecule has 3 rings (SSSR count). The Morgan fingerprint density at radius 3 is 2.41 bits per heavy atom. The molecule has 7 heteroatoms. The van der Waals surface area contributed by atoms with Crippen molar-refractivity contribution in [3.63, 3.8) is 0 Å². The Bertz CT molecular complexity index is 953. The standard InChI is InChI=1S/C25H29N3O4/c1-3-15-26-24(30)22(27-23(29)19-9-5-4-6-10-19)18-13-16-28(17-14-18)25(31)20-11-7-8-12-21(20)32-2/h3-12,18,22H,1,13-17H2,2H3,(H,26,30)(H,27,29)/t22-/m0/s1. The SMILES string of the molecule is C=CCNC(=O)[C@@H](NC(=O)c1ccccc1)C1CCN(C(=O)c2ccccc2OC)CC1. The van der Waals surface area contributed by atoms with E-state index in [0.717, 1.165) is 0 Å². The molecule has 1 heterocycles. The topological polar surface area (TPSA) is 87.7 Å². The van der Waals surface area contributed by atoms with Gasteiger partial charge in [0.25, 0.3) is 11.8 Å². The van der Waals surface area contributed by atoms with Crippen molar-refractivity contribution < 1.29 is 19.1 Å². The van der Waals surface area contributed by atoms with E-state index in [1.165, 1.54) is 0 Å². The smallest absolute Gasteiger partial charge is 0.257 e. The van der Waals surface area contributed by atoms with Gasteiger partial charge in [0.05, 0.1) is 12.7 Å². The van der Waals surface area contributed by atoms with Gasteiger partial charge in [-0.1, -0.05) is 36.4 Å². The molecule has 1 aliphatic rings. The molecule has 2 aromatic carbocycles. The largest absolute Gasteiger partial charge is 0.496 e. The molecule has 1 aliphatic heterocycles. The third kappa shape index (κ3) is 5.55. The fraction of sp³-hybridized carbons (Fsp3) is 0.320. The third-order valence-electron chi connectivity index (χ3n) is 5.66. The molecule has 1 atom stereocenters. The molecule has 2 aromatic rings. The van der Waals surface area contributed by atoms with Crippen molar-refractivity contribution in [1.82, 2.24) is 15.5 Å². The van der Waals surface area contributed by atoms with Crippen LogP contribution in [0.15, 0.2) is 67.3 Å². The number of piperidine rings is 1. The summed E-state index contributed by atoms with van der Waals surface area (Å²) in [6, 6.07) is 15.3. The fourth-order valence-corrected chi connectivity index (χ4v) is 3.92. The first-order valence-electron chi connectivity index (χ1n) is 10.7. The van der Waals surface area contributed by atoms with Crippen LogP contribution < -0.4 is 15.4 Å². The Morgan fingerprint density at radius 2 is 1.75 bits per heavy atom. The average molecular weight is 436 g/mol. The van der Waals surface area contributed by atoms with Gasteiger partial charge in [-0.25, -0.2) is 0 Å². The lowest BCUT2D eigenvalue weighted by Crippen LogP contribution is -2.53. The van der Waals surface area contributed by atoms with Crippen LogP contribution >= 0.6 is 0 Å². The molecule has 168 valence electrons. The van der Waals surface area contributed by atoms with Crippen LogP contribution in [0.2, 0.25) is 0 Å². The molecule has 7 nitrogen and oxygen atoms in total. The Kier molecular flexibility index (Phi) is 8.02. The number of likely N-dealkylation sites (tertiary alicyclic amines) is 1. The number of hydrogen-bond donors (Lipinski definition) is 2. The van der Waals surface area contributed by atoms with Gasteiger partial charge in [-0.3, -0.25) is 14.4 Å². The summed E-state index contributed by atoms with van der Waals surface area (Å²) in [6.45, 7) is 4.94. The van der Waals surface area contributed by atoms with Crippen molar-refractivity contribution in [1.29, 1.82) is 0 Å². The van der Waals surface area contributed by atoms with E-state index in [4.69, 9.17) is 4.74 Å².